The number of benzene rings is 1. The third kappa shape index (κ3) is 3.28. The number of para-hydroxylation sites is 1. The Labute approximate surface area is 115 Å². The van der Waals surface area contributed by atoms with Crippen molar-refractivity contribution >= 4 is 0 Å². The Morgan fingerprint density at radius 3 is 2.68 bits per heavy atom. The van der Waals surface area contributed by atoms with Gasteiger partial charge in [0, 0.05) is 18.0 Å². The summed E-state index contributed by atoms with van der Waals surface area (Å²) >= 11 is 0. The predicted octanol–water partition coefficient (Wildman–Crippen LogP) is 2.49. The van der Waals surface area contributed by atoms with E-state index in [0.717, 1.165) is 31.4 Å². The summed E-state index contributed by atoms with van der Waals surface area (Å²) in [6.07, 6.45) is 6.91. The molecule has 2 atom stereocenters. The monoisotopic (exact) mass is 261 g/mol. The molecule has 0 amide bonds. The molecule has 3 nitrogen and oxygen atoms in total. The van der Waals surface area contributed by atoms with Crippen LogP contribution < -0.4 is 10.1 Å². The third-order valence-corrected chi connectivity index (χ3v) is 4.24. The van der Waals surface area contributed by atoms with Crippen LogP contribution in [0.15, 0.2) is 30.3 Å². The van der Waals surface area contributed by atoms with Crippen molar-refractivity contribution in [3.05, 3.63) is 30.3 Å². The maximum Gasteiger partial charge on any atom is 0.119 e. The lowest BCUT2D eigenvalue weighted by molar-refractivity contribution is 0.0497. The van der Waals surface area contributed by atoms with E-state index in [1.807, 2.05) is 30.3 Å². The molecule has 0 radical (unpaired) electrons. The molecule has 0 aliphatic heterocycles. The maximum absolute atomic E-state index is 9.78. The van der Waals surface area contributed by atoms with Gasteiger partial charge >= 0.3 is 0 Å². The van der Waals surface area contributed by atoms with Gasteiger partial charge in [0.2, 0.25) is 0 Å². The van der Waals surface area contributed by atoms with Gasteiger partial charge in [0.05, 0.1) is 6.61 Å². The summed E-state index contributed by atoms with van der Waals surface area (Å²) in [5, 5.41) is 13.4. The highest BCUT2D eigenvalue weighted by molar-refractivity contribution is 5.21. The van der Waals surface area contributed by atoms with E-state index in [1.165, 1.54) is 12.8 Å². The number of ether oxygens (including phenoxy) is 1. The third-order valence-electron chi connectivity index (χ3n) is 4.24. The van der Waals surface area contributed by atoms with Crippen molar-refractivity contribution in [2.75, 3.05) is 6.61 Å². The van der Waals surface area contributed by atoms with Crippen molar-refractivity contribution < 1.29 is 9.84 Å². The second kappa shape index (κ2) is 5.51. The minimum Gasteiger partial charge on any atom is -0.490 e. The largest absolute Gasteiger partial charge is 0.490 e. The highest BCUT2D eigenvalue weighted by Gasteiger charge is 2.40. The lowest BCUT2D eigenvalue weighted by Crippen LogP contribution is -2.54. The minimum absolute atomic E-state index is 0.112. The second-order valence-corrected chi connectivity index (χ2v) is 6.01. The average Bonchev–Trinajstić information content (AvgIpc) is 3.24. The summed E-state index contributed by atoms with van der Waals surface area (Å²) < 4.78 is 6.06. The first kappa shape index (κ1) is 12.9. The van der Waals surface area contributed by atoms with Gasteiger partial charge in [0.1, 0.15) is 11.9 Å². The highest BCUT2D eigenvalue weighted by Crippen LogP contribution is 2.34. The molecule has 3 heteroatoms. The van der Waals surface area contributed by atoms with Crippen LogP contribution in [-0.4, -0.2) is 29.4 Å². The van der Waals surface area contributed by atoms with Crippen LogP contribution in [0.4, 0.5) is 0 Å². The fourth-order valence-electron chi connectivity index (χ4n) is 3.08. The van der Waals surface area contributed by atoms with E-state index in [1.54, 1.807) is 0 Å². The fourth-order valence-corrected chi connectivity index (χ4v) is 3.08. The van der Waals surface area contributed by atoms with Crippen LogP contribution >= 0.6 is 0 Å². The number of aliphatic hydroxyl groups is 1. The number of hydrogen-bond acceptors (Lipinski definition) is 3. The quantitative estimate of drug-likeness (QED) is 0.855. The van der Waals surface area contributed by atoms with E-state index in [9.17, 15) is 5.11 Å². The van der Waals surface area contributed by atoms with Crippen LogP contribution in [0.2, 0.25) is 0 Å². The van der Waals surface area contributed by atoms with E-state index in [4.69, 9.17) is 4.74 Å². The molecular formula is C16H23NO2. The zero-order valence-electron chi connectivity index (χ0n) is 11.3. The van der Waals surface area contributed by atoms with Gasteiger partial charge in [-0.25, -0.2) is 0 Å². The van der Waals surface area contributed by atoms with E-state index >= 15 is 0 Å². The lowest BCUT2D eigenvalue weighted by atomic mass is 9.80. The van der Waals surface area contributed by atoms with Gasteiger partial charge in [-0.2, -0.15) is 0 Å². The SMILES string of the molecule is OCC1(NC2CC2)CCCC(Oc2ccccc2)C1. The molecule has 2 fully saturated rings. The van der Waals surface area contributed by atoms with E-state index in [0.29, 0.717) is 6.04 Å². The second-order valence-electron chi connectivity index (χ2n) is 6.01. The molecule has 104 valence electrons. The van der Waals surface area contributed by atoms with Crippen molar-refractivity contribution in [3.63, 3.8) is 0 Å². The molecule has 0 saturated heterocycles. The Kier molecular flexibility index (Phi) is 3.76. The van der Waals surface area contributed by atoms with Crippen molar-refractivity contribution in [2.24, 2.45) is 0 Å². The predicted molar refractivity (Wildman–Crippen MR) is 75.3 cm³/mol. The van der Waals surface area contributed by atoms with Crippen LogP contribution in [0.25, 0.3) is 0 Å². The van der Waals surface area contributed by atoms with Crippen molar-refractivity contribution in [2.45, 2.75) is 56.2 Å². The van der Waals surface area contributed by atoms with Crippen molar-refractivity contribution in [3.8, 4) is 5.75 Å². The highest BCUT2D eigenvalue weighted by atomic mass is 16.5. The molecular weight excluding hydrogens is 238 g/mol. The minimum atomic E-state index is -0.112. The first-order valence-corrected chi connectivity index (χ1v) is 7.40. The molecule has 0 bridgehead atoms. The normalized spacial score (nSPS) is 31.1. The summed E-state index contributed by atoms with van der Waals surface area (Å²) in [4.78, 5) is 0. The first-order valence-electron chi connectivity index (χ1n) is 7.40. The van der Waals surface area contributed by atoms with E-state index in [-0.39, 0.29) is 18.2 Å². The lowest BCUT2D eigenvalue weighted by Gasteiger charge is -2.40. The van der Waals surface area contributed by atoms with Crippen LogP contribution in [-0.2, 0) is 0 Å². The Morgan fingerprint density at radius 1 is 1.21 bits per heavy atom. The average molecular weight is 261 g/mol. The van der Waals surface area contributed by atoms with Gasteiger partial charge in [-0.15, -0.1) is 0 Å². The van der Waals surface area contributed by atoms with Crippen molar-refractivity contribution in [1.29, 1.82) is 0 Å². The summed E-state index contributed by atoms with van der Waals surface area (Å²) in [5.74, 6) is 0.938. The molecule has 3 rings (SSSR count). The number of aliphatic hydroxyl groups excluding tert-OH is 1. The molecule has 1 aromatic carbocycles. The molecule has 0 spiro atoms. The summed E-state index contributed by atoms with van der Waals surface area (Å²) in [5.41, 5.74) is -0.112. The number of rotatable bonds is 5. The topological polar surface area (TPSA) is 41.5 Å². The molecule has 2 unspecified atom stereocenters. The Hall–Kier alpha value is -1.06. The summed E-state index contributed by atoms with van der Waals surface area (Å²) in [7, 11) is 0. The van der Waals surface area contributed by atoms with Crippen molar-refractivity contribution in [1.82, 2.24) is 5.32 Å². The van der Waals surface area contributed by atoms with E-state index in [2.05, 4.69) is 5.32 Å². The number of hydrogen-bond donors (Lipinski definition) is 2. The zero-order chi connectivity index (χ0) is 13.1. The van der Waals surface area contributed by atoms with Gasteiger partial charge < -0.3 is 15.2 Å². The van der Waals surface area contributed by atoms with Gasteiger partial charge in [-0.05, 0) is 44.2 Å². The standard InChI is InChI=1S/C16H23NO2/c18-12-16(17-13-8-9-13)10-4-7-15(11-16)19-14-5-2-1-3-6-14/h1-3,5-6,13,15,17-18H,4,7-12H2. The van der Waals surface area contributed by atoms with Gasteiger partial charge in [-0.1, -0.05) is 18.2 Å². The molecule has 0 aromatic heterocycles. The maximum atomic E-state index is 9.78. The van der Waals surface area contributed by atoms with Crippen LogP contribution in [0.3, 0.4) is 0 Å². The number of nitrogens with one attached hydrogen (secondary N) is 1. The molecule has 2 N–H and O–H groups in total. The fraction of sp³-hybridized carbons (Fsp3) is 0.625. The van der Waals surface area contributed by atoms with Crippen LogP contribution in [0.1, 0.15) is 38.5 Å². The van der Waals surface area contributed by atoms with E-state index < -0.39 is 0 Å². The summed E-state index contributed by atoms with van der Waals surface area (Å²) in [6, 6.07) is 10.6. The molecule has 0 heterocycles. The molecule has 1 aromatic rings. The summed E-state index contributed by atoms with van der Waals surface area (Å²) in [6.45, 7) is 0.220. The zero-order valence-corrected chi connectivity index (χ0v) is 11.3. The van der Waals surface area contributed by atoms with Crippen LogP contribution in [0.5, 0.6) is 5.75 Å². The molecule has 2 saturated carbocycles. The molecule has 2 aliphatic rings. The smallest absolute Gasteiger partial charge is 0.119 e. The Morgan fingerprint density at radius 2 is 2.00 bits per heavy atom. The Balaban J connectivity index is 1.63. The van der Waals surface area contributed by atoms with Gasteiger partial charge in [0.25, 0.3) is 0 Å². The molecule has 2 aliphatic carbocycles. The first-order chi connectivity index (χ1) is 9.30. The van der Waals surface area contributed by atoms with Crippen LogP contribution in [0, 0.1) is 0 Å². The molecule has 19 heavy (non-hydrogen) atoms. The van der Waals surface area contributed by atoms with Gasteiger partial charge in [-0.3, -0.25) is 0 Å². The van der Waals surface area contributed by atoms with Gasteiger partial charge in [0.15, 0.2) is 0 Å². The Bertz CT molecular complexity index is 404.